The smallest absolute Gasteiger partial charge is 0.190 e. The molecular weight excluding hydrogens is 394 g/mol. The van der Waals surface area contributed by atoms with E-state index >= 15 is 0 Å². The van der Waals surface area contributed by atoms with Crippen molar-refractivity contribution in [2.24, 2.45) is 0 Å². The van der Waals surface area contributed by atoms with Crippen LogP contribution in [-0.2, 0) is 12.8 Å². The molecule has 0 unspecified atom stereocenters. The lowest BCUT2D eigenvalue weighted by molar-refractivity contribution is 0.700. The summed E-state index contributed by atoms with van der Waals surface area (Å²) < 4.78 is 0. The number of aromatic nitrogens is 2. The first-order valence-corrected chi connectivity index (χ1v) is 12.1. The normalized spacial score (nSPS) is 13.6. The summed E-state index contributed by atoms with van der Waals surface area (Å²) in [5.41, 5.74) is 3.94. The van der Waals surface area contributed by atoms with Gasteiger partial charge < -0.3 is 5.32 Å². The predicted molar refractivity (Wildman–Crippen MR) is 124 cm³/mol. The lowest BCUT2D eigenvalue weighted by atomic mass is 9.96. The summed E-state index contributed by atoms with van der Waals surface area (Å²) in [6.07, 6.45) is 6.88. The summed E-state index contributed by atoms with van der Waals surface area (Å²) in [5, 5.41) is 5.88. The van der Waals surface area contributed by atoms with Gasteiger partial charge >= 0.3 is 0 Å². The molecule has 2 aromatic carbocycles. The van der Waals surface area contributed by atoms with Crippen LogP contribution in [0.4, 0.5) is 5.82 Å². The van der Waals surface area contributed by atoms with E-state index < -0.39 is 0 Å². The molecule has 146 valence electrons. The summed E-state index contributed by atoms with van der Waals surface area (Å²) in [4.78, 5) is 12.4. The minimum Gasteiger partial charge on any atom is -0.358 e. The van der Waals surface area contributed by atoms with Crippen molar-refractivity contribution in [1.82, 2.24) is 9.97 Å². The molecule has 2 aromatic heterocycles. The van der Waals surface area contributed by atoms with Gasteiger partial charge in [0.15, 0.2) is 5.16 Å². The van der Waals surface area contributed by atoms with Crippen LogP contribution >= 0.6 is 23.1 Å². The Hall–Kier alpha value is -2.37. The van der Waals surface area contributed by atoms with Gasteiger partial charge in [0.05, 0.1) is 11.4 Å². The summed E-state index contributed by atoms with van der Waals surface area (Å²) in [7, 11) is 0. The third kappa shape index (κ3) is 3.65. The van der Waals surface area contributed by atoms with Gasteiger partial charge in [-0.15, -0.1) is 11.3 Å². The molecule has 0 saturated carbocycles. The van der Waals surface area contributed by atoms with Crippen LogP contribution in [0.2, 0.25) is 0 Å². The quantitative estimate of drug-likeness (QED) is 0.297. The molecule has 1 N–H and O–H groups in total. The van der Waals surface area contributed by atoms with Crippen molar-refractivity contribution >= 4 is 39.1 Å². The van der Waals surface area contributed by atoms with Crippen molar-refractivity contribution < 1.29 is 0 Å². The number of aryl methyl sites for hydroxylation is 2. The predicted octanol–water partition coefficient (Wildman–Crippen LogP) is 6.49. The topological polar surface area (TPSA) is 37.8 Å². The Morgan fingerprint density at radius 3 is 2.21 bits per heavy atom. The monoisotopic (exact) mass is 417 g/mol. The molecule has 1 aliphatic carbocycles. The number of thioether (sulfide) groups is 1. The van der Waals surface area contributed by atoms with Gasteiger partial charge in [-0.25, -0.2) is 9.97 Å². The van der Waals surface area contributed by atoms with Gasteiger partial charge in [-0.3, -0.25) is 0 Å². The molecule has 0 bridgehead atoms. The average molecular weight is 418 g/mol. The van der Waals surface area contributed by atoms with Crippen LogP contribution in [0.15, 0.2) is 65.8 Å². The molecular formula is C24H23N3S2. The minimum atomic E-state index is 0.0457. The second kappa shape index (κ2) is 8.17. The number of rotatable bonds is 5. The fourth-order valence-corrected chi connectivity index (χ4v) is 5.80. The number of nitrogens with zero attached hydrogens (tertiary/aromatic N) is 2. The highest BCUT2D eigenvalue weighted by Crippen LogP contribution is 2.40. The number of hydrogen-bond acceptors (Lipinski definition) is 5. The maximum atomic E-state index is 4.94. The SMILES string of the molecule is CSc1nc(NC(c2ccccc2)c2ccccc2)c2c3c(sc2n1)CCCC3. The first-order chi connectivity index (χ1) is 14.3. The summed E-state index contributed by atoms with van der Waals surface area (Å²) in [5.74, 6) is 0.969. The van der Waals surface area contributed by atoms with E-state index in [2.05, 4.69) is 66.0 Å². The van der Waals surface area contributed by atoms with E-state index in [0.29, 0.717) is 0 Å². The average Bonchev–Trinajstić information content (AvgIpc) is 3.17. The number of fused-ring (bicyclic) bond motifs is 3. The van der Waals surface area contributed by atoms with Gasteiger partial charge in [0, 0.05) is 4.88 Å². The molecule has 0 spiro atoms. The van der Waals surface area contributed by atoms with Gasteiger partial charge in [-0.2, -0.15) is 0 Å². The molecule has 0 atom stereocenters. The first-order valence-electron chi connectivity index (χ1n) is 10.1. The van der Waals surface area contributed by atoms with Crippen molar-refractivity contribution in [2.45, 2.75) is 36.9 Å². The molecule has 1 aliphatic rings. The molecule has 3 nitrogen and oxygen atoms in total. The second-order valence-electron chi connectivity index (χ2n) is 7.35. The lowest BCUT2D eigenvalue weighted by Crippen LogP contribution is -2.14. The first kappa shape index (κ1) is 18.6. The van der Waals surface area contributed by atoms with Crippen molar-refractivity contribution in [3.05, 3.63) is 82.2 Å². The Bertz CT molecular complexity index is 1080. The Morgan fingerprint density at radius 2 is 1.55 bits per heavy atom. The van der Waals surface area contributed by atoms with Gasteiger partial charge in [-0.1, -0.05) is 72.4 Å². The van der Waals surface area contributed by atoms with Crippen LogP contribution in [0.25, 0.3) is 10.2 Å². The van der Waals surface area contributed by atoms with Gasteiger partial charge in [0.1, 0.15) is 10.6 Å². The molecule has 2 heterocycles. The summed E-state index contributed by atoms with van der Waals surface area (Å²) >= 11 is 3.46. The highest BCUT2D eigenvalue weighted by Gasteiger charge is 2.23. The fourth-order valence-electron chi connectivity index (χ4n) is 4.12. The number of benzene rings is 2. The van der Waals surface area contributed by atoms with Gasteiger partial charge in [0.2, 0.25) is 0 Å². The minimum absolute atomic E-state index is 0.0457. The number of hydrogen-bond donors (Lipinski definition) is 1. The number of nitrogens with one attached hydrogen (secondary N) is 1. The Kier molecular flexibility index (Phi) is 5.25. The molecule has 5 rings (SSSR count). The zero-order valence-corrected chi connectivity index (χ0v) is 18.0. The summed E-state index contributed by atoms with van der Waals surface area (Å²) in [6.45, 7) is 0. The van der Waals surface area contributed by atoms with Crippen molar-refractivity contribution in [3.8, 4) is 0 Å². The van der Waals surface area contributed by atoms with E-state index in [1.54, 1.807) is 11.8 Å². The van der Waals surface area contributed by atoms with Crippen LogP contribution in [0.1, 0.15) is 40.5 Å². The molecule has 0 aliphatic heterocycles. The van der Waals surface area contributed by atoms with Crippen molar-refractivity contribution in [3.63, 3.8) is 0 Å². The van der Waals surface area contributed by atoms with Gasteiger partial charge in [0.25, 0.3) is 0 Å². The van der Waals surface area contributed by atoms with Crippen LogP contribution in [0, 0.1) is 0 Å². The maximum Gasteiger partial charge on any atom is 0.190 e. The highest BCUT2D eigenvalue weighted by atomic mass is 32.2. The van der Waals surface area contributed by atoms with E-state index in [0.717, 1.165) is 22.2 Å². The molecule has 4 aromatic rings. The second-order valence-corrected chi connectivity index (χ2v) is 9.21. The van der Waals surface area contributed by atoms with Crippen LogP contribution in [0.5, 0.6) is 0 Å². The zero-order chi connectivity index (χ0) is 19.6. The van der Waals surface area contributed by atoms with E-state index in [4.69, 9.17) is 9.97 Å². The molecule has 29 heavy (non-hydrogen) atoms. The number of thiophene rings is 1. The summed E-state index contributed by atoms with van der Waals surface area (Å²) in [6, 6.07) is 21.3. The van der Waals surface area contributed by atoms with Crippen molar-refractivity contribution in [2.75, 3.05) is 11.6 Å². The lowest BCUT2D eigenvalue weighted by Gasteiger charge is -2.22. The Morgan fingerprint density at radius 1 is 0.897 bits per heavy atom. The van der Waals surface area contributed by atoms with E-state index in [9.17, 15) is 0 Å². The zero-order valence-electron chi connectivity index (χ0n) is 16.4. The fraction of sp³-hybridized carbons (Fsp3) is 0.250. The van der Waals surface area contributed by atoms with E-state index in [1.807, 2.05) is 17.6 Å². The molecule has 0 saturated heterocycles. The molecule has 5 heteroatoms. The van der Waals surface area contributed by atoms with Gasteiger partial charge in [-0.05, 0) is 48.6 Å². The molecule has 0 amide bonds. The molecule has 0 radical (unpaired) electrons. The Labute approximate surface area is 179 Å². The van der Waals surface area contributed by atoms with E-state index in [1.165, 1.54) is 46.2 Å². The van der Waals surface area contributed by atoms with Crippen molar-refractivity contribution in [1.29, 1.82) is 0 Å². The highest BCUT2D eigenvalue weighted by molar-refractivity contribution is 7.98. The van der Waals surface area contributed by atoms with Crippen LogP contribution in [0.3, 0.4) is 0 Å². The third-order valence-electron chi connectivity index (χ3n) is 5.52. The largest absolute Gasteiger partial charge is 0.358 e. The Balaban J connectivity index is 1.66. The maximum absolute atomic E-state index is 4.94. The number of anilines is 1. The third-order valence-corrected chi connectivity index (χ3v) is 7.26. The van der Waals surface area contributed by atoms with Crippen LogP contribution in [-0.4, -0.2) is 16.2 Å². The van der Waals surface area contributed by atoms with E-state index in [-0.39, 0.29) is 6.04 Å². The van der Waals surface area contributed by atoms with Crippen LogP contribution < -0.4 is 5.32 Å². The standard InChI is InChI=1S/C24H23N3S2/c1-28-24-26-22(20-18-14-8-9-15-19(18)29-23(20)27-24)25-21(16-10-4-2-5-11-16)17-12-6-3-7-13-17/h2-7,10-13,21H,8-9,14-15H2,1H3,(H,25,26,27). The molecule has 0 fully saturated rings.